The molecule has 8 nitrogen and oxygen atoms in total. The number of rotatable bonds is 6. The Morgan fingerprint density at radius 1 is 1.22 bits per heavy atom. The predicted octanol–water partition coefficient (Wildman–Crippen LogP) is 2.37. The lowest BCUT2D eigenvalue weighted by Gasteiger charge is -2.35. The zero-order valence-corrected chi connectivity index (χ0v) is 16.4. The molecule has 0 bridgehead atoms. The van der Waals surface area contributed by atoms with E-state index in [1.165, 1.54) is 22.5 Å². The molecule has 1 aromatic carbocycles. The minimum atomic E-state index is -3.73. The molecule has 1 saturated heterocycles. The van der Waals surface area contributed by atoms with Crippen molar-refractivity contribution < 1.29 is 18.4 Å². The van der Waals surface area contributed by atoms with Gasteiger partial charge in [0, 0.05) is 32.7 Å². The van der Waals surface area contributed by atoms with Gasteiger partial charge in [0.1, 0.15) is 5.69 Å². The average molecular weight is 397 g/mol. The largest absolute Gasteiger partial charge is 0.393 e. The summed E-state index contributed by atoms with van der Waals surface area (Å²) in [5.74, 6) is 0.296. The number of sulfonamides is 1. The van der Waals surface area contributed by atoms with E-state index >= 15 is 0 Å². The lowest BCUT2D eigenvalue weighted by atomic mass is 9.82. The van der Waals surface area contributed by atoms with Crippen molar-refractivity contribution in [3.8, 4) is 0 Å². The first-order chi connectivity index (χ1) is 12.8. The summed E-state index contributed by atoms with van der Waals surface area (Å²) >= 11 is 0. The third-order valence-corrected chi connectivity index (χ3v) is 7.40. The highest BCUT2D eigenvalue weighted by atomic mass is 32.2. The topological polar surface area (TPSA) is 104 Å². The van der Waals surface area contributed by atoms with Crippen molar-refractivity contribution in [3.05, 3.63) is 28.3 Å². The summed E-state index contributed by atoms with van der Waals surface area (Å²) < 4.78 is 27.3. The van der Waals surface area contributed by atoms with E-state index in [1.54, 1.807) is 11.9 Å². The molecule has 0 unspecified atom stereocenters. The molecule has 1 heterocycles. The molecule has 0 aromatic heterocycles. The second kappa shape index (κ2) is 8.12. The van der Waals surface area contributed by atoms with Gasteiger partial charge in [-0.25, -0.2) is 8.42 Å². The Kier molecular flexibility index (Phi) is 6.02. The highest BCUT2D eigenvalue weighted by molar-refractivity contribution is 7.89. The maximum Gasteiger partial charge on any atom is 0.293 e. The van der Waals surface area contributed by atoms with Gasteiger partial charge in [-0.3, -0.25) is 10.1 Å². The molecule has 1 aromatic rings. The minimum absolute atomic E-state index is 0.0210. The van der Waals surface area contributed by atoms with Gasteiger partial charge >= 0.3 is 0 Å². The molecule has 150 valence electrons. The maximum atomic E-state index is 12.9. The Bertz CT molecular complexity index is 784. The van der Waals surface area contributed by atoms with E-state index in [-0.39, 0.29) is 16.7 Å². The molecule has 0 radical (unpaired) electrons. The van der Waals surface area contributed by atoms with E-state index in [0.717, 1.165) is 25.7 Å². The molecular weight excluding hydrogens is 370 g/mol. The van der Waals surface area contributed by atoms with Crippen molar-refractivity contribution in [2.75, 3.05) is 31.6 Å². The van der Waals surface area contributed by atoms with E-state index in [1.807, 2.05) is 0 Å². The number of aliphatic hydroxyl groups excluding tert-OH is 1. The quantitative estimate of drug-likeness (QED) is 0.584. The number of nitro benzene ring substituents is 1. The first-order valence-corrected chi connectivity index (χ1v) is 10.9. The van der Waals surface area contributed by atoms with Gasteiger partial charge in [-0.2, -0.15) is 4.31 Å². The van der Waals surface area contributed by atoms with Crippen molar-refractivity contribution in [1.82, 2.24) is 4.31 Å². The Morgan fingerprint density at radius 3 is 2.41 bits per heavy atom. The number of aliphatic hydroxyl groups is 1. The second-order valence-corrected chi connectivity index (χ2v) is 9.54. The first-order valence-electron chi connectivity index (χ1n) is 9.47. The Morgan fingerprint density at radius 2 is 1.85 bits per heavy atom. The normalized spacial score (nSPS) is 24.1. The fourth-order valence-corrected chi connectivity index (χ4v) is 5.44. The van der Waals surface area contributed by atoms with Crippen LogP contribution in [0.15, 0.2) is 23.1 Å². The van der Waals surface area contributed by atoms with Crippen LogP contribution in [0.25, 0.3) is 0 Å². The molecule has 27 heavy (non-hydrogen) atoms. The van der Waals surface area contributed by atoms with Gasteiger partial charge in [0.2, 0.25) is 10.0 Å². The fraction of sp³-hybridized carbons (Fsp3) is 0.667. The Balaban J connectivity index is 1.85. The zero-order chi connectivity index (χ0) is 19.6. The van der Waals surface area contributed by atoms with Crippen LogP contribution < -0.4 is 4.90 Å². The van der Waals surface area contributed by atoms with E-state index < -0.39 is 14.9 Å². The zero-order valence-electron chi connectivity index (χ0n) is 15.6. The molecule has 1 aliphatic heterocycles. The van der Waals surface area contributed by atoms with Gasteiger partial charge in [-0.05, 0) is 43.7 Å². The van der Waals surface area contributed by atoms with E-state index in [2.05, 4.69) is 0 Å². The van der Waals surface area contributed by atoms with Crippen LogP contribution >= 0.6 is 0 Å². The summed E-state index contributed by atoms with van der Waals surface area (Å²) in [5.41, 5.74) is 0.199. The number of nitro groups is 1. The maximum absolute atomic E-state index is 12.9. The third-order valence-electron chi connectivity index (χ3n) is 5.50. The SMILES string of the molecule is CN(CC1CC(O)C1)c1ccc(S(=O)(=O)N2CCCCCC2)cc1[N+](=O)[O-]. The van der Waals surface area contributed by atoms with Crippen LogP contribution in [0.5, 0.6) is 0 Å². The molecule has 1 saturated carbocycles. The van der Waals surface area contributed by atoms with E-state index in [4.69, 9.17) is 0 Å². The van der Waals surface area contributed by atoms with Crippen molar-refractivity contribution in [2.24, 2.45) is 5.92 Å². The van der Waals surface area contributed by atoms with Crippen molar-refractivity contribution >= 4 is 21.4 Å². The lowest BCUT2D eigenvalue weighted by molar-refractivity contribution is -0.384. The fourth-order valence-electron chi connectivity index (χ4n) is 3.90. The highest BCUT2D eigenvalue weighted by Gasteiger charge is 2.31. The van der Waals surface area contributed by atoms with Gasteiger partial charge in [0.05, 0.1) is 15.9 Å². The average Bonchev–Trinajstić information content (AvgIpc) is 2.89. The molecule has 0 spiro atoms. The van der Waals surface area contributed by atoms with Crippen LogP contribution in [0.3, 0.4) is 0 Å². The number of nitrogens with zero attached hydrogens (tertiary/aromatic N) is 3. The second-order valence-electron chi connectivity index (χ2n) is 7.60. The summed E-state index contributed by atoms with van der Waals surface area (Å²) in [4.78, 5) is 12.8. The van der Waals surface area contributed by atoms with Crippen molar-refractivity contribution in [3.63, 3.8) is 0 Å². The van der Waals surface area contributed by atoms with Crippen molar-refractivity contribution in [2.45, 2.75) is 49.5 Å². The number of hydrogen-bond acceptors (Lipinski definition) is 6. The van der Waals surface area contributed by atoms with Gasteiger partial charge in [-0.1, -0.05) is 12.8 Å². The number of hydrogen-bond donors (Lipinski definition) is 1. The third kappa shape index (κ3) is 4.41. The molecule has 0 atom stereocenters. The van der Waals surface area contributed by atoms with Gasteiger partial charge in [0.15, 0.2) is 0 Å². The number of anilines is 1. The predicted molar refractivity (Wildman–Crippen MR) is 102 cm³/mol. The van der Waals surface area contributed by atoms with Gasteiger partial charge < -0.3 is 10.0 Å². The number of benzene rings is 1. The highest BCUT2D eigenvalue weighted by Crippen LogP contribution is 2.34. The summed E-state index contributed by atoms with van der Waals surface area (Å²) in [6.45, 7) is 1.51. The van der Waals surface area contributed by atoms with E-state index in [0.29, 0.717) is 44.1 Å². The molecule has 0 amide bonds. The molecular formula is C18H27N3O5S. The smallest absolute Gasteiger partial charge is 0.293 e. The molecule has 2 aliphatic rings. The Labute approximate surface area is 160 Å². The van der Waals surface area contributed by atoms with E-state index in [9.17, 15) is 23.6 Å². The molecule has 3 rings (SSSR count). The summed E-state index contributed by atoms with van der Waals surface area (Å²) in [7, 11) is -1.97. The molecule has 1 N–H and O–H groups in total. The van der Waals surface area contributed by atoms with Crippen LogP contribution in [0.1, 0.15) is 38.5 Å². The van der Waals surface area contributed by atoms with Gasteiger partial charge in [0.25, 0.3) is 5.69 Å². The van der Waals surface area contributed by atoms with Crippen LogP contribution in [-0.4, -0.2) is 55.5 Å². The molecule has 1 aliphatic carbocycles. The minimum Gasteiger partial charge on any atom is -0.393 e. The Hall–Kier alpha value is -1.71. The first kappa shape index (κ1) is 20.0. The molecule has 2 fully saturated rings. The van der Waals surface area contributed by atoms with Crippen LogP contribution in [0, 0.1) is 16.0 Å². The van der Waals surface area contributed by atoms with Crippen LogP contribution in [-0.2, 0) is 10.0 Å². The van der Waals surface area contributed by atoms with Crippen molar-refractivity contribution in [1.29, 1.82) is 0 Å². The summed E-state index contributed by atoms with van der Waals surface area (Å²) in [6, 6.07) is 4.17. The lowest BCUT2D eigenvalue weighted by Crippen LogP contribution is -2.37. The van der Waals surface area contributed by atoms with Crippen LogP contribution in [0.2, 0.25) is 0 Å². The standard InChI is InChI=1S/C18H27N3O5S/c1-19(13-14-10-15(22)11-14)17-7-6-16(12-18(17)21(23)24)27(25,26)20-8-4-2-3-5-9-20/h6-7,12,14-15,22H,2-5,8-11,13H2,1H3. The summed E-state index contributed by atoms with van der Waals surface area (Å²) in [5, 5.41) is 21.0. The monoisotopic (exact) mass is 397 g/mol. The molecule has 9 heteroatoms. The van der Waals surface area contributed by atoms with Gasteiger partial charge in [-0.15, -0.1) is 0 Å². The summed E-state index contributed by atoms with van der Waals surface area (Å²) in [6.07, 6.45) is 4.75. The van der Waals surface area contributed by atoms with Crippen LogP contribution in [0.4, 0.5) is 11.4 Å².